The van der Waals surface area contributed by atoms with Gasteiger partial charge in [0.15, 0.2) is 0 Å². The van der Waals surface area contributed by atoms with Gasteiger partial charge < -0.3 is 4.90 Å². The van der Waals surface area contributed by atoms with Gasteiger partial charge in [0.1, 0.15) is 0 Å². The van der Waals surface area contributed by atoms with Gasteiger partial charge in [0.25, 0.3) is 5.91 Å². The Hall–Kier alpha value is -2.59. The third-order valence-electron chi connectivity index (χ3n) is 5.23. The largest absolute Gasteiger partial charge is 0.308 e. The van der Waals surface area contributed by atoms with Crippen LogP contribution < -0.4 is 4.90 Å². The average Bonchev–Trinajstić information content (AvgIpc) is 2.96. The van der Waals surface area contributed by atoms with Crippen LogP contribution in [-0.4, -0.2) is 22.2 Å². The minimum atomic E-state index is 0.0301. The van der Waals surface area contributed by atoms with Crippen molar-refractivity contribution in [3.8, 4) is 0 Å². The van der Waals surface area contributed by atoms with E-state index in [9.17, 15) is 4.79 Å². The Morgan fingerprint density at radius 2 is 1.85 bits per heavy atom. The molecule has 1 aliphatic rings. The highest BCUT2D eigenvalue weighted by molar-refractivity contribution is 6.31. The third kappa shape index (κ3) is 3.26. The predicted octanol–water partition coefficient (Wildman–Crippen LogP) is 4.79. The number of carbonyl (C=O) groups is 1. The summed E-state index contributed by atoms with van der Waals surface area (Å²) >= 11 is 6.30. The maximum atomic E-state index is 13.4. The first-order valence-corrected chi connectivity index (χ1v) is 9.61. The van der Waals surface area contributed by atoms with E-state index in [2.05, 4.69) is 11.2 Å². The van der Waals surface area contributed by atoms with E-state index in [1.54, 1.807) is 0 Å². The van der Waals surface area contributed by atoms with Crippen molar-refractivity contribution in [2.45, 2.75) is 33.2 Å². The maximum Gasteiger partial charge on any atom is 0.262 e. The van der Waals surface area contributed by atoms with Gasteiger partial charge in [-0.25, -0.2) is 0 Å². The zero-order chi connectivity index (χ0) is 19.0. The van der Waals surface area contributed by atoms with Crippen LogP contribution in [-0.2, 0) is 13.0 Å². The van der Waals surface area contributed by atoms with Crippen LogP contribution in [0.15, 0.2) is 48.5 Å². The van der Waals surface area contributed by atoms with Crippen LogP contribution in [0.5, 0.6) is 0 Å². The highest BCUT2D eigenvalue weighted by atomic mass is 35.5. The average molecular weight is 380 g/mol. The number of amides is 1. The number of fused-ring (bicyclic) bond motifs is 1. The number of aromatic nitrogens is 2. The Morgan fingerprint density at radius 3 is 2.67 bits per heavy atom. The van der Waals surface area contributed by atoms with Gasteiger partial charge in [0.2, 0.25) is 0 Å². The van der Waals surface area contributed by atoms with E-state index in [1.807, 2.05) is 65.9 Å². The van der Waals surface area contributed by atoms with E-state index in [4.69, 9.17) is 11.6 Å². The fraction of sp³-hybridized carbons (Fsp3) is 0.273. The molecule has 0 N–H and O–H groups in total. The molecule has 1 aliphatic heterocycles. The van der Waals surface area contributed by atoms with Gasteiger partial charge in [-0.15, -0.1) is 0 Å². The van der Waals surface area contributed by atoms with Gasteiger partial charge >= 0.3 is 0 Å². The molecular weight excluding hydrogens is 358 g/mol. The lowest BCUT2D eigenvalue weighted by molar-refractivity contribution is 0.0984. The van der Waals surface area contributed by atoms with Gasteiger partial charge in [-0.05, 0) is 49.9 Å². The van der Waals surface area contributed by atoms with Crippen LogP contribution in [0.4, 0.5) is 5.69 Å². The van der Waals surface area contributed by atoms with Gasteiger partial charge in [-0.1, -0.05) is 48.0 Å². The molecule has 0 saturated carbocycles. The molecule has 1 amide bonds. The Morgan fingerprint density at radius 1 is 1.11 bits per heavy atom. The molecular formula is C22H22ClN3O. The number of carbonyl (C=O) groups excluding carboxylic acids is 1. The Labute approximate surface area is 164 Å². The van der Waals surface area contributed by atoms with Crippen LogP contribution in [0, 0.1) is 13.8 Å². The zero-order valence-electron chi connectivity index (χ0n) is 15.6. The molecule has 138 valence electrons. The molecule has 4 nitrogen and oxygen atoms in total. The summed E-state index contributed by atoms with van der Waals surface area (Å²) in [5.41, 5.74) is 5.57. The second kappa shape index (κ2) is 7.20. The quantitative estimate of drug-likeness (QED) is 0.655. The van der Waals surface area contributed by atoms with Crippen molar-refractivity contribution >= 4 is 23.2 Å². The fourth-order valence-corrected chi connectivity index (χ4v) is 4.02. The summed E-state index contributed by atoms with van der Waals surface area (Å²) in [6, 6.07) is 15.9. The van der Waals surface area contributed by atoms with Crippen molar-refractivity contribution in [2.24, 2.45) is 0 Å². The minimum absolute atomic E-state index is 0.0301. The summed E-state index contributed by atoms with van der Waals surface area (Å²) in [5, 5.41) is 5.34. The molecule has 0 saturated heterocycles. The summed E-state index contributed by atoms with van der Waals surface area (Å²) < 4.78 is 1.87. The Bertz CT molecular complexity index is 1010. The van der Waals surface area contributed by atoms with Crippen LogP contribution in [0.1, 0.15) is 39.3 Å². The molecule has 5 heteroatoms. The number of nitrogens with zero attached hydrogens (tertiary/aromatic N) is 3. The van der Waals surface area contributed by atoms with Crippen molar-refractivity contribution in [3.63, 3.8) is 0 Å². The Kier molecular flexibility index (Phi) is 4.75. The molecule has 1 aromatic heterocycles. The van der Waals surface area contributed by atoms with E-state index in [0.29, 0.717) is 17.1 Å². The predicted molar refractivity (Wildman–Crippen MR) is 109 cm³/mol. The molecule has 0 fully saturated rings. The molecule has 2 aromatic carbocycles. The van der Waals surface area contributed by atoms with Crippen LogP contribution in [0.25, 0.3) is 0 Å². The molecule has 0 unspecified atom stereocenters. The second-order valence-corrected chi connectivity index (χ2v) is 7.39. The monoisotopic (exact) mass is 379 g/mol. The lowest BCUT2D eigenvalue weighted by Crippen LogP contribution is -2.36. The first-order chi connectivity index (χ1) is 13.1. The SMILES string of the molecule is Cc1nn(Cc2ccccc2Cl)c(C)c1C(=O)N1CCCc2ccccc21. The highest BCUT2D eigenvalue weighted by Crippen LogP contribution is 2.29. The van der Waals surface area contributed by atoms with Crippen molar-refractivity contribution in [3.05, 3.63) is 81.6 Å². The molecule has 2 heterocycles. The van der Waals surface area contributed by atoms with Gasteiger partial charge in [0, 0.05) is 22.9 Å². The van der Waals surface area contributed by atoms with E-state index in [1.165, 1.54) is 5.56 Å². The normalized spacial score (nSPS) is 13.5. The number of halogens is 1. The summed E-state index contributed by atoms with van der Waals surface area (Å²) in [7, 11) is 0. The minimum Gasteiger partial charge on any atom is -0.308 e. The van der Waals surface area contributed by atoms with Gasteiger partial charge in [-0.2, -0.15) is 5.10 Å². The van der Waals surface area contributed by atoms with Gasteiger partial charge in [-0.3, -0.25) is 9.48 Å². The van der Waals surface area contributed by atoms with Crippen molar-refractivity contribution < 1.29 is 4.79 Å². The third-order valence-corrected chi connectivity index (χ3v) is 5.60. The first-order valence-electron chi connectivity index (χ1n) is 9.23. The zero-order valence-corrected chi connectivity index (χ0v) is 16.3. The van der Waals surface area contributed by atoms with Crippen LogP contribution in [0.3, 0.4) is 0 Å². The maximum absolute atomic E-state index is 13.4. The van der Waals surface area contributed by atoms with E-state index in [0.717, 1.165) is 42.0 Å². The van der Waals surface area contributed by atoms with Crippen LogP contribution in [0.2, 0.25) is 5.02 Å². The fourth-order valence-electron chi connectivity index (χ4n) is 3.83. The second-order valence-electron chi connectivity index (χ2n) is 6.98. The number of hydrogen-bond donors (Lipinski definition) is 0. The highest BCUT2D eigenvalue weighted by Gasteiger charge is 2.28. The molecule has 3 aromatic rings. The number of hydrogen-bond acceptors (Lipinski definition) is 2. The molecule has 4 rings (SSSR count). The van der Waals surface area contributed by atoms with E-state index < -0.39 is 0 Å². The molecule has 0 aliphatic carbocycles. The van der Waals surface area contributed by atoms with E-state index >= 15 is 0 Å². The lowest BCUT2D eigenvalue weighted by Gasteiger charge is -2.29. The van der Waals surface area contributed by atoms with E-state index in [-0.39, 0.29) is 5.91 Å². The topological polar surface area (TPSA) is 38.1 Å². The summed E-state index contributed by atoms with van der Waals surface area (Å²) in [5.74, 6) is 0.0301. The van der Waals surface area contributed by atoms with Gasteiger partial charge in [0.05, 0.1) is 17.8 Å². The number of aryl methyl sites for hydroxylation is 2. The van der Waals surface area contributed by atoms with Crippen molar-refractivity contribution in [1.82, 2.24) is 9.78 Å². The standard InChI is InChI=1S/C22H22ClN3O/c1-15-21(16(2)26(24-15)14-18-9-3-5-11-19(18)23)22(27)25-13-7-10-17-8-4-6-12-20(17)25/h3-6,8-9,11-12H,7,10,13-14H2,1-2H3. The summed E-state index contributed by atoms with van der Waals surface area (Å²) in [4.78, 5) is 15.3. The number of benzene rings is 2. The summed E-state index contributed by atoms with van der Waals surface area (Å²) in [6.45, 7) is 5.15. The molecule has 0 bridgehead atoms. The van der Waals surface area contributed by atoms with Crippen molar-refractivity contribution in [1.29, 1.82) is 0 Å². The molecule has 0 atom stereocenters. The number of rotatable bonds is 3. The number of anilines is 1. The molecule has 27 heavy (non-hydrogen) atoms. The van der Waals surface area contributed by atoms with Crippen LogP contribution >= 0.6 is 11.6 Å². The lowest BCUT2D eigenvalue weighted by atomic mass is 10.0. The summed E-state index contributed by atoms with van der Waals surface area (Å²) in [6.07, 6.45) is 2.00. The molecule has 0 spiro atoms. The van der Waals surface area contributed by atoms with Crippen molar-refractivity contribution in [2.75, 3.05) is 11.4 Å². The first kappa shape index (κ1) is 17.8. The smallest absolute Gasteiger partial charge is 0.262 e. The molecule has 0 radical (unpaired) electrons. The number of para-hydroxylation sites is 1. The Balaban J connectivity index is 1.68.